The van der Waals surface area contributed by atoms with Crippen LogP contribution in [-0.2, 0) is 0 Å². The summed E-state index contributed by atoms with van der Waals surface area (Å²) in [5.74, 6) is 1.39. The van der Waals surface area contributed by atoms with E-state index in [4.69, 9.17) is 5.21 Å². The number of hydrogen-bond acceptors (Lipinski definition) is 3. The van der Waals surface area contributed by atoms with Gasteiger partial charge in [-0.05, 0) is 12.3 Å². The summed E-state index contributed by atoms with van der Waals surface area (Å²) in [7, 11) is 0. The van der Waals surface area contributed by atoms with Crippen LogP contribution in [0.4, 0.5) is 0 Å². The first-order valence-corrected chi connectivity index (χ1v) is 3.26. The highest BCUT2D eigenvalue weighted by molar-refractivity contribution is 5.81. The van der Waals surface area contributed by atoms with Crippen LogP contribution >= 0.6 is 0 Å². The predicted molar refractivity (Wildman–Crippen MR) is 35.6 cm³/mol. The van der Waals surface area contributed by atoms with Gasteiger partial charge in [-0.15, -0.1) is 0 Å². The van der Waals surface area contributed by atoms with Crippen LogP contribution in [0.5, 0.6) is 0 Å². The van der Waals surface area contributed by atoms with Crippen LogP contribution in [0.2, 0.25) is 0 Å². The van der Waals surface area contributed by atoms with E-state index in [1.165, 1.54) is 0 Å². The quantitative estimate of drug-likeness (QED) is 0.474. The first kappa shape index (κ1) is 6.55. The van der Waals surface area contributed by atoms with Crippen molar-refractivity contribution in [3.8, 4) is 0 Å². The van der Waals surface area contributed by atoms with Crippen LogP contribution in [0.25, 0.3) is 0 Å². The number of rotatable bonds is 0. The molecule has 0 radical (unpaired) electrons. The fraction of sp³-hybridized carbons (Fsp3) is 0.833. The SMILES string of the molecule is CC1CCN=C(NO)C1. The molecule has 0 amide bonds. The van der Waals surface area contributed by atoms with Crippen LogP contribution < -0.4 is 5.48 Å². The Balaban J connectivity index is 2.43. The van der Waals surface area contributed by atoms with Crippen molar-refractivity contribution in [1.82, 2.24) is 5.48 Å². The molecule has 0 saturated heterocycles. The van der Waals surface area contributed by atoms with E-state index in [0.717, 1.165) is 25.2 Å². The molecule has 0 aliphatic carbocycles. The lowest BCUT2D eigenvalue weighted by atomic mass is 10.0. The second-order valence-corrected chi connectivity index (χ2v) is 2.54. The number of nitrogens with zero attached hydrogens (tertiary/aromatic N) is 1. The second kappa shape index (κ2) is 2.82. The summed E-state index contributed by atoms with van der Waals surface area (Å²) in [5, 5.41) is 8.43. The molecule has 0 aromatic heterocycles. The first-order chi connectivity index (χ1) is 4.33. The van der Waals surface area contributed by atoms with Gasteiger partial charge in [0.25, 0.3) is 0 Å². The molecule has 0 aromatic rings. The first-order valence-electron chi connectivity index (χ1n) is 3.26. The van der Waals surface area contributed by atoms with Gasteiger partial charge in [0.05, 0.1) is 0 Å². The summed E-state index contributed by atoms with van der Waals surface area (Å²) >= 11 is 0. The van der Waals surface area contributed by atoms with Crippen molar-refractivity contribution < 1.29 is 5.21 Å². The second-order valence-electron chi connectivity index (χ2n) is 2.54. The average Bonchev–Trinajstić information content (AvgIpc) is 1.88. The monoisotopic (exact) mass is 128 g/mol. The summed E-state index contributed by atoms with van der Waals surface area (Å²) in [6.45, 7) is 3.01. The van der Waals surface area contributed by atoms with E-state index in [0.29, 0.717) is 5.92 Å². The number of amidine groups is 1. The number of nitrogens with one attached hydrogen (secondary N) is 1. The molecular weight excluding hydrogens is 116 g/mol. The minimum absolute atomic E-state index is 0.664. The van der Waals surface area contributed by atoms with Gasteiger partial charge < -0.3 is 0 Å². The smallest absolute Gasteiger partial charge is 0.120 e. The lowest BCUT2D eigenvalue weighted by Gasteiger charge is -2.16. The van der Waals surface area contributed by atoms with Gasteiger partial charge >= 0.3 is 0 Å². The Morgan fingerprint density at radius 1 is 1.78 bits per heavy atom. The molecule has 0 fully saturated rings. The molecule has 0 bridgehead atoms. The Morgan fingerprint density at radius 3 is 3.00 bits per heavy atom. The molecule has 3 heteroatoms. The van der Waals surface area contributed by atoms with Gasteiger partial charge in [0.15, 0.2) is 0 Å². The molecular formula is C6H12N2O. The maximum Gasteiger partial charge on any atom is 0.120 e. The molecule has 0 spiro atoms. The highest BCUT2D eigenvalue weighted by Gasteiger charge is 2.10. The Hall–Kier alpha value is -0.570. The topological polar surface area (TPSA) is 44.6 Å². The average molecular weight is 128 g/mol. The number of aliphatic imine (C=N–C) groups is 1. The van der Waals surface area contributed by atoms with Gasteiger partial charge in [0.2, 0.25) is 0 Å². The van der Waals surface area contributed by atoms with Crippen molar-refractivity contribution in [2.45, 2.75) is 19.8 Å². The van der Waals surface area contributed by atoms with Crippen molar-refractivity contribution in [1.29, 1.82) is 0 Å². The molecule has 9 heavy (non-hydrogen) atoms. The van der Waals surface area contributed by atoms with Gasteiger partial charge in [-0.3, -0.25) is 15.7 Å². The van der Waals surface area contributed by atoms with E-state index in [1.807, 2.05) is 0 Å². The Bertz CT molecular complexity index is 122. The summed E-state index contributed by atoms with van der Waals surface area (Å²) in [6.07, 6.45) is 2.03. The third-order valence-corrected chi connectivity index (χ3v) is 1.60. The molecule has 1 heterocycles. The lowest BCUT2D eigenvalue weighted by Crippen LogP contribution is -2.25. The summed E-state index contributed by atoms with van der Waals surface area (Å²) in [6, 6.07) is 0. The van der Waals surface area contributed by atoms with Crippen LogP contribution in [0, 0.1) is 5.92 Å². The Labute approximate surface area is 54.8 Å². The zero-order chi connectivity index (χ0) is 6.69. The fourth-order valence-corrected chi connectivity index (χ4v) is 0.998. The van der Waals surface area contributed by atoms with Crippen molar-refractivity contribution >= 4 is 5.84 Å². The maximum atomic E-state index is 8.43. The van der Waals surface area contributed by atoms with Crippen molar-refractivity contribution in [3.63, 3.8) is 0 Å². The number of hydrogen-bond donors (Lipinski definition) is 2. The molecule has 0 saturated carbocycles. The summed E-state index contributed by atoms with van der Waals surface area (Å²) < 4.78 is 0. The maximum absolute atomic E-state index is 8.43. The van der Waals surface area contributed by atoms with Crippen LogP contribution in [0.3, 0.4) is 0 Å². The molecule has 1 aliphatic heterocycles. The summed E-state index contributed by atoms with van der Waals surface area (Å²) in [4.78, 5) is 4.05. The lowest BCUT2D eigenvalue weighted by molar-refractivity contribution is 0.227. The third-order valence-electron chi connectivity index (χ3n) is 1.60. The zero-order valence-electron chi connectivity index (χ0n) is 5.59. The predicted octanol–water partition coefficient (Wildman–Crippen LogP) is 0.794. The van der Waals surface area contributed by atoms with Crippen molar-refractivity contribution in [2.75, 3.05) is 6.54 Å². The van der Waals surface area contributed by atoms with Gasteiger partial charge in [-0.25, -0.2) is 0 Å². The van der Waals surface area contributed by atoms with Crippen LogP contribution in [0.1, 0.15) is 19.8 Å². The minimum atomic E-state index is 0.664. The van der Waals surface area contributed by atoms with Gasteiger partial charge in [-0.2, -0.15) is 0 Å². The molecule has 1 rings (SSSR count). The van der Waals surface area contributed by atoms with E-state index >= 15 is 0 Å². The Morgan fingerprint density at radius 2 is 2.56 bits per heavy atom. The van der Waals surface area contributed by atoms with Gasteiger partial charge in [0.1, 0.15) is 5.84 Å². The number of hydroxylamine groups is 1. The largest absolute Gasteiger partial charge is 0.290 e. The molecule has 1 aliphatic rings. The fourth-order valence-electron chi connectivity index (χ4n) is 0.998. The Kier molecular flexibility index (Phi) is 2.05. The third kappa shape index (κ3) is 1.68. The van der Waals surface area contributed by atoms with E-state index in [1.54, 1.807) is 0 Å². The molecule has 52 valence electrons. The molecule has 3 nitrogen and oxygen atoms in total. The highest BCUT2D eigenvalue weighted by atomic mass is 16.5. The zero-order valence-corrected chi connectivity index (χ0v) is 5.59. The van der Waals surface area contributed by atoms with E-state index < -0.39 is 0 Å². The molecule has 2 N–H and O–H groups in total. The standard InChI is InChI=1S/C6H12N2O/c1-5-2-3-7-6(4-5)8-9/h5,9H,2-4H2,1H3,(H,7,8). The van der Waals surface area contributed by atoms with E-state index in [2.05, 4.69) is 17.4 Å². The normalized spacial score (nSPS) is 27.3. The minimum Gasteiger partial charge on any atom is -0.290 e. The van der Waals surface area contributed by atoms with Crippen molar-refractivity contribution in [2.24, 2.45) is 10.9 Å². The van der Waals surface area contributed by atoms with Crippen LogP contribution in [-0.4, -0.2) is 17.6 Å². The summed E-state index contributed by atoms with van der Waals surface area (Å²) in [5.41, 5.74) is 2.08. The van der Waals surface area contributed by atoms with Crippen LogP contribution in [0.15, 0.2) is 4.99 Å². The molecule has 1 atom stereocenters. The van der Waals surface area contributed by atoms with Gasteiger partial charge in [0, 0.05) is 13.0 Å². The van der Waals surface area contributed by atoms with Gasteiger partial charge in [-0.1, -0.05) is 6.92 Å². The van der Waals surface area contributed by atoms with Crippen molar-refractivity contribution in [3.05, 3.63) is 0 Å². The molecule has 1 unspecified atom stereocenters. The molecule has 0 aromatic carbocycles. The van der Waals surface area contributed by atoms with E-state index in [9.17, 15) is 0 Å². The van der Waals surface area contributed by atoms with E-state index in [-0.39, 0.29) is 0 Å². The highest BCUT2D eigenvalue weighted by Crippen LogP contribution is 2.12.